The van der Waals surface area contributed by atoms with Crippen molar-refractivity contribution in [1.29, 1.82) is 0 Å². The van der Waals surface area contributed by atoms with Gasteiger partial charge in [0.05, 0.1) is 0 Å². The minimum Gasteiger partial charge on any atom is -0.326 e. The van der Waals surface area contributed by atoms with Gasteiger partial charge in [-0.05, 0) is 24.6 Å². The average Bonchev–Trinajstić information content (AvgIpc) is 2.52. The van der Waals surface area contributed by atoms with Crippen LogP contribution in [0.1, 0.15) is 84.0 Å². The number of hydrogen-bond acceptors (Lipinski definition) is 1. The van der Waals surface area contributed by atoms with Gasteiger partial charge in [-0.15, -0.1) is 0 Å². The van der Waals surface area contributed by atoms with E-state index < -0.39 is 0 Å². The van der Waals surface area contributed by atoms with Crippen molar-refractivity contribution in [2.75, 3.05) is 5.32 Å². The molecule has 130 valence electrons. The van der Waals surface area contributed by atoms with E-state index in [4.69, 9.17) is 0 Å². The summed E-state index contributed by atoms with van der Waals surface area (Å²) in [6, 6.07) is 6.03. The predicted molar refractivity (Wildman–Crippen MR) is 96.1 cm³/mol. The van der Waals surface area contributed by atoms with Gasteiger partial charge in [-0.1, -0.05) is 77.2 Å². The monoisotopic (exact) mass is 321 g/mol. The van der Waals surface area contributed by atoms with Gasteiger partial charge in [-0.25, -0.2) is 4.39 Å². The zero-order valence-electron chi connectivity index (χ0n) is 14.6. The van der Waals surface area contributed by atoms with E-state index in [1.54, 1.807) is 12.1 Å². The van der Waals surface area contributed by atoms with Gasteiger partial charge in [-0.2, -0.15) is 0 Å². The Kier molecular flexibility index (Phi) is 11.2. The van der Waals surface area contributed by atoms with Gasteiger partial charge in [-0.3, -0.25) is 4.79 Å². The van der Waals surface area contributed by atoms with E-state index in [1.807, 2.05) is 0 Å². The van der Waals surface area contributed by atoms with Crippen LogP contribution < -0.4 is 5.32 Å². The topological polar surface area (TPSA) is 29.1 Å². The van der Waals surface area contributed by atoms with Crippen LogP contribution in [0.15, 0.2) is 24.3 Å². The number of benzene rings is 1. The Morgan fingerprint density at radius 1 is 0.913 bits per heavy atom. The van der Waals surface area contributed by atoms with Crippen molar-refractivity contribution < 1.29 is 9.18 Å². The predicted octanol–water partition coefficient (Wildman–Crippen LogP) is 6.47. The first-order chi connectivity index (χ1) is 11.2. The third-order valence-corrected chi connectivity index (χ3v) is 4.12. The fourth-order valence-electron chi connectivity index (χ4n) is 2.74. The SMILES string of the molecule is CCCCCCCCCCCCCC(=O)Nc1cccc(F)c1. The lowest BCUT2D eigenvalue weighted by atomic mass is 10.1. The van der Waals surface area contributed by atoms with Crippen molar-refractivity contribution in [1.82, 2.24) is 0 Å². The molecular weight excluding hydrogens is 289 g/mol. The maximum atomic E-state index is 13.0. The Hall–Kier alpha value is -1.38. The highest BCUT2D eigenvalue weighted by Gasteiger charge is 2.03. The van der Waals surface area contributed by atoms with E-state index in [0.29, 0.717) is 12.1 Å². The molecule has 3 heteroatoms. The Labute approximate surface area is 140 Å². The van der Waals surface area contributed by atoms with Crippen molar-refractivity contribution in [2.45, 2.75) is 84.0 Å². The molecule has 0 saturated carbocycles. The first-order valence-corrected chi connectivity index (χ1v) is 9.28. The number of nitrogens with one attached hydrogen (secondary N) is 1. The molecule has 2 nitrogen and oxygen atoms in total. The molecule has 0 radical (unpaired) electrons. The molecule has 0 fully saturated rings. The maximum absolute atomic E-state index is 13.0. The molecule has 1 aromatic rings. The highest BCUT2D eigenvalue weighted by atomic mass is 19.1. The molecule has 0 bridgehead atoms. The average molecular weight is 321 g/mol. The molecule has 0 spiro atoms. The number of halogens is 1. The summed E-state index contributed by atoms with van der Waals surface area (Å²) in [6.07, 6.45) is 14.5. The van der Waals surface area contributed by atoms with Crippen molar-refractivity contribution >= 4 is 11.6 Å². The third kappa shape index (κ3) is 10.9. The highest BCUT2D eigenvalue weighted by Crippen LogP contribution is 2.13. The zero-order valence-corrected chi connectivity index (χ0v) is 14.6. The minimum atomic E-state index is -0.322. The normalized spacial score (nSPS) is 10.7. The summed E-state index contributed by atoms with van der Waals surface area (Å²) in [7, 11) is 0. The van der Waals surface area contributed by atoms with E-state index in [2.05, 4.69) is 12.2 Å². The number of unbranched alkanes of at least 4 members (excludes halogenated alkanes) is 10. The fraction of sp³-hybridized carbons (Fsp3) is 0.650. The van der Waals surface area contributed by atoms with Crippen molar-refractivity contribution in [3.63, 3.8) is 0 Å². The molecule has 0 aliphatic heterocycles. The molecule has 0 aromatic heterocycles. The first-order valence-electron chi connectivity index (χ1n) is 9.28. The molecule has 0 heterocycles. The Balaban J connectivity index is 1.91. The van der Waals surface area contributed by atoms with Gasteiger partial charge in [0.2, 0.25) is 5.91 Å². The van der Waals surface area contributed by atoms with Crippen LogP contribution in [-0.2, 0) is 4.79 Å². The number of carbonyl (C=O) groups excluding carboxylic acids is 1. The quantitative estimate of drug-likeness (QED) is 0.415. The molecule has 0 aliphatic rings. The van der Waals surface area contributed by atoms with E-state index >= 15 is 0 Å². The number of anilines is 1. The van der Waals surface area contributed by atoms with Crippen LogP contribution in [0, 0.1) is 5.82 Å². The second kappa shape index (κ2) is 13.1. The van der Waals surface area contributed by atoms with E-state index in [0.717, 1.165) is 12.8 Å². The molecule has 1 amide bonds. The molecular formula is C20H32FNO. The lowest BCUT2D eigenvalue weighted by Gasteiger charge is -2.05. The maximum Gasteiger partial charge on any atom is 0.224 e. The molecule has 23 heavy (non-hydrogen) atoms. The molecule has 1 N–H and O–H groups in total. The van der Waals surface area contributed by atoms with Crippen LogP contribution in [0.3, 0.4) is 0 Å². The Morgan fingerprint density at radius 2 is 1.48 bits per heavy atom. The second-order valence-electron chi connectivity index (χ2n) is 6.34. The molecule has 0 atom stereocenters. The van der Waals surface area contributed by atoms with E-state index in [-0.39, 0.29) is 11.7 Å². The summed E-state index contributed by atoms with van der Waals surface area (Å²) in [5, 5.41) is 2.74. The van der Waals surface area contributed by atoms with E-state index in [1.165, 1.54) is 69.9 Å². The van der Waals surface area contributed by atoms with Gasteiger partial charge in [0.1, 0.15) is 5.82 Å². The Bertz CT molecular complexity index is 433. The molecule has 0 aliphatic carbocycles. The number of amides is 1. The Morgan fingerprint density at radius 3 is 2.04 bits per heavy atom. The van der Waals surface area contributed by atoms with Gasteiger partial charge in [0, 0.05) is 12.1 Å². The first kappa shape index (κ1) is 19.7. The van der Waals surface area contributed by atoms with Crippen LogP contribution in [-0.4, -0.2) is 5.91 Å². The lowest BCUT2D eigenvalue weighted by Crippen LogP contribution is -2.11. The summed E-state index contributed by atoms with van der Waals surface area (Å²) in [6.45, 7) is 2.25. The summed E-state index contributed by atoms with van der Waals surface area (Å²) in [5.74, 6) is -0.344. The van der Waals surface area contributed by atoms with Crippen molar-refractivity contribution in [2.24, 2.45) is 0 Å². The second-order valence-corrected chi connectivity index (χ2v) is 6.34. The van der Waals surface area contributed by atoms with Crippen LogP contribution >= 0.6 is 0 Å². The van der Waals surface area contributed by atoms with Crippen LogP contribution in [0.4, 0.5) is 10.1 Å². The number of hydrogen-bond donors (Lipinski definition) is 1. The smallest absolute Gasteiger partial charge is 0.224 e. The van der Waals surface area contributed by atoms with Crippen LogP contribution in [0.5, 0.6) is 0 Å². The minimum absolute atomic E-state index is 0.0217. The zero-order chi connectivity index (χ0) is 16.8. The summed E-state index contributed by atoms with van der Waals surface area (Å²) in [4.78, 5) is 11.8. The van der Waals surface area contributed by atoms with Gasteiger partial charge in [0.25, 0.3) is 0 Å². The third-order valence-electron chi connectivity index (χ3n) is 4.12. The summed E-state index contributed by atoms with van der Waals surface area (Å²) in [5.41, 5.74) is 0.540. The van der Waals surface area contributed by atoms with Gasteiger partial charge in [0.15, 0.2) is 0 Å². The lowest BCUT2D eigenvalue weighted by molar-refractivity contribution is -0.116. The van der Waals surface area contributed by atoms with Gasteiger partial charge < -0.3 is 5.32 Å². The van der Waals surface area contributed by atoms with Gasteiger partial charge >= 0.3 is 0 Å². The number of rotatable bonds is 13. The molecule has 0 unspecified atom stereocenters. The summed E-state index contributed by atoms with van der Waals surface area (Å²) < 4.78 is 13.0. The van der Waals surface area contributed by atoms with E-state index in [9.17, 15) is 9.18 Å². The highest BCUT2D eigenvalue weighted by molar-refractivity contribution is 5.90. The largest absolute Gasteiger partial charge is 0.326 e. The molecule has 0 saturated heterocycles. The molecule has 1 rings (SSSR count). The van der Waals surface area contributed by atoms with Crippen molar-refractivity contribution in [3.8, 4) is 0 Å². The molecule has 1 aromatic carbocycles. The van der Waals surface area contributed by atoms with Crippen LogP contribution in [0.25, 0.3) is 0 Å². The van der Waals surface area contributed by atoms with Crippen LogP contribution in [0.2, 0.25) is 0 Å². The number of carbonyl (C=O) groups is 1. The fourth-order valence-corrected chi connectivity index (χ4v) is 2.74. The summed E-state index contributed by atoms with van der Waals surface area (Å²) >= 11 is 0. The van der Waals surface area contributed by atoms with Crippen molar-refractivity contribution in [3.05, 3.63) is 30.1 Å². The standard InChI is InChI=1S/C20H32FNO/c1-2-3-4-5-6-7-8-9-10-11-12-16-20(23)22-19-15-13-14-18(21)17-19/h13-15,17H,2-12,16H2,1H3,(H,22,23).